The Morgan fingerprint density at radius 1 is 1.65 bits per heavy atom. The van der Waals surface area contributed by atoms with Gasteiger partial charge >= 0.3 is 0 Å². The minimum Gasteiger partial charge on any atom is -0.372 e. The van der Waals surface area contributed by atoms with Crippen molar-refractivity contribution in [1.82, 2.24) is 9.97 Å². The highest BCUT2D eigenvalue weighted by Crippen LogP contribution is 2.39. The quantitative estimate of drug-likeness (QED) is 0.750. The van der Waals surface area contributed by atoms with Crippen LogP contribution in [0.1, 0.15) is 13.3 Å². The van der Waals surface area contributed by atoms with Crippen LogP contribution in [0, 0.1) is 0 Å². The zero-order valence-electron chi connectivity index (χ0n) is 13.1. The second-order valence-corrected chi connectivity index (χ2v) is 6.60. The van der Waals surface area contributed by atoms with Gasteiger partial charge in [0, 0.05) is 38.6 Å². The normalized spacial score (nSPS) is 19.3. The Bertz CT molecular complexity index is 732. The van der Waals surface area contributed by atoms with Crippen LogP contribution in [0.4, 0.5) is 11.4 Å². The SMILES string of the molecule is COC(C)C(=O)Nc1c[nH]c2ncc(Br)c(N3CCC(N)C3)c12. The molecule has 0 saturated carbocycles. The second kappa shape index (κ2) is 6.46. The average molecular weight is 382 g/mol. The van der Waals surface area contributed by atoms with Crippen LogP contribution in [0.3, 0.4) is 0 Å². The highest BCUT2D eigenvalue weighted by Gasteiger charge is 2.25. The molecule has 2 atom stereocenters. The molecule has 1 aliphatic heterocycles. The average Bonchev–Trinajstić information content (AvgIpc) is 3.13. The van der Waals surface area contributed by atoms with Gasteiger partial charge in [-0.2, -0.15) is 0 Å². The van der Waals surface area contributed by atoms with Crippen molar-refractivity contribution >= 4 is 44.2 Å². The number of anilines is 2. The van der Waals surface area contributed by atoms with Crippen LogP contribution < -0.4 is 16.0 Å². The van der Waals surface area contributed by atoms with E-state index in [-0.39, 0.29) is 11.9 Å². The summed E-state index contributed by atoms with van der Waals surface area (Å²) in [4.78, 5) is 21.9. The predicted molar refractivity (Wildman–Crippen MR) is 93.7 cm³/mol. The highest BCUT2D eigenvalue weighted by molar-refractivity contribution is 9.10. The Labute approximate surface area is 142 Å². The van der Waals surface area contributed by atoms with Crippen LogP contribution in [0.2, 0.25) is 0 Å². The number of ether oxygens (including phenoxy) is 1. The van der Waals surface area contributed by atoms with Gasteiger partial charge in [0.15, 0.2) is 0 Å². The molecule has 2 unspecified atom stereocenters. The van der Waals surface area contributed by atoms with Crippen molar-refractivity contribution in [3.63, 3.8) is 0 Å². The number of hydrogen-bond donors (Lipinski definition) is 3. The maximum atomic E-state index is 12.1. The zero-order valence-corrected chi connectivity index (χ0v) is 14.7. The molecule has 0 radical (unpaired) electrons. The molecule has 0 aromatic carbocycles. The third-order valence-electron chi connectivity index (χ3n) is 4.15. The van der Waals surface area contributed by atoms with Crippen molar-refractivity contribution < 1.29 is 9.53 Å². The zero-order chi connectivity index (χ0) is 16.6. The summed E-state index contributed by atoms with van der Waals surface area (Å²) in [5, 5.41) is 3.78. The first-order valence-electron chi connectivity index (χ1n) is 7.51. The third-order valence-corrected chi connectivity index (χ3v) is 4.73. The van der Waals surface area contributed by atoms with E-state index in [0.29, 0.717) is 5.69 Å². The fourth-order valence-corrected chi connectivity index (χ4v) is 3.35. The van der Waals surface area contributed by atoms with E-state index in [1.54, 1.807) is 19.3 Å². The number of aromatic nitrogens is 2. The molecule has 3 rings (SSSR count). The predicted octanol–water partition coefficient (Wildman–Crippen LogP) is 1.84. The molecule has 1 aliphatic rings. The van der Waals surface area contributed by atoms with E-state index >= 15 is 0 Å². The summed E-state index contributed by atoms with van der Waals surface area (Å²) in [5.74, 6) is -0.197. The molecule has 0 bridgehead atoms. The monoisotopic (exact) mass is 381 g/mol. The number of aromatic amines is 1. The molecule has 3 heterocycles. The number of rotatable bonds is 4. The Morgan fingerprint density at radius 3 is 3.09 bits per heavy atom. The van der Waals surface area contributed by atoms with E-state index in [4.69, 9.17) is 10.5 Å². The third kappa shape index (κ3) is 3.06. The molecule has 1 fully saturated rings. The van der Waals surface area contributed by atoms with Crippen molar-refractivity contribution in [3.05, 3.63) is 16.9 Å². The van der Waals surface area contributed by atoms with E-state index in [1.807, 2.05) is 0 Å². The summed E-state index contributed by atoms with van der Waals surface area (Å²) < 4.78 is 5.95. The minimum atomic E-state index is -0.524. The number of H-pyrrole nitrogens is 1. The summed E-state index contributed by atoms with van der Waals surface area (Å²) in [6.07, 6.45) is 3.94. The van der Waals surface area contributed by atoms with Gasteiger partial charge in [-0.05, 0) is 29.3 Å². The molecule has 8 heteroatoms. The molecule has 2 aromatic heterocycles. The minimum absolute atomic E-state index is 0.163. The smallest absolute Gasteiger partial charge is 0.253 e. The fourth-order valence-electron chi connectivity index (χ4n) is 2.80. The Balaban J connectivity index is 2.03. The summed E-state index contributed by atoms with van der Waals surface area (Å²) >= 11 is 3.58. The van der Waals surface area contributed by atoms with E-state index < -0.39 is 6.10 Å². The van der Waals surface area contributed by atoms with Crippen LogP contribution in [-0.4, -0.2) is 48.2 Å². The number of halogens is 1. The molecular formula is C15H20BrN5O2. The lowest BCUT2D eigenvalue weighted by Gasteiger charge is -2.21. The van der Waals surface area contributed by atoms with Crippen molar-refractivity contribution in [1.29, 1.82) is 0 Å². The maximum Gasteiger partial charge on any atom is 0.253 e. The van der Waals surface area contributed by atoms with Crippen molar-refractivity contribution in [2.24, 2.45) is 5.73 Å². The van der Waals surface area contributed by atoms with Crippen molar-refractivity contribution in [2.45, 2.75) is 25.5 Å². The van der Waals surface area contributed by atoms with Gasteiger partial charge in [0.2, 0.25) is 0 Å². The number of fused-ring (bicyclic) bond motifs is 1. The van der Waals surface area contributed by atoms with Crippen molar-refractivity contribution in [2.75, 3.05) is 30.4 Å². The van der Waals surface area contributed by atoms with Crippen LogP contribution in [0.25, 0.3) is 11.0 Å². The number of carbonyl (C=O) groups is 1. The topological polar surface area (TPSA) is 96.3 Å². The molecule has 1 saturated heterocycles. The van der Waals surface area contributed by atoms with Crippen LogP contribution >= 0.6 is 15.9 Å². The van der Waals surface area contributed by atoms with Crippen LogP contribution in [0.15, 0.2) is 16.9 Å². The molecule has 2 aromatic rings. The summed E-state index contributed by atoms with van der Waals surface area (Å²) in [6.45, 7) is 3.37. The van der Waals surface area contributed by atoms with Crippen LogP contribution in [0.5, 0.6) is 0 Å². The van der Waals surface area contributed by atoms with Gasteiger partial charge in [-0.15, -0.1) is 0 Å². The lowest BCUT2D eigenvalue weighted by atomic mass is 10.2. The number of pyridine rings is 1. The number of nitrogens with two attached hydrogens (primary N) is 1. The van der Waals surface area contributed by atoms with E-state index in [2.05, 4.69) is 36.1 Å². The van der Waals surface area contributed by atoms with E-state index in [0.717, 1.165) is 40.7 Å². The Kier molecular flexibility index (Phi) is 4.56. The molecule has 0 spiro atoms. The first-order chi connectivity index (χ1) is 11.0. The molecule has 4 N–H and O–H groups in total. The summed E-state index contributed by atoms with van der Waals surface area (Å²) in [5.41, 5.74) is 8.46. The Morgan fingerprint density at radius 2 is 2.43 bits per heavy atom. The van der Waals surface area contributed by atoms with E-state index in [1.165, 1.54) is 7.11 Å². The van der Waals surface area contributed by atoms with Crippen LogP contribution in [-0.2, 0) is 9.53 Å². The van der Waals surface area contributed by atoms with Gasteiger partial charge in [-0.25, -0.2) is 4.98 Å². The fraction of sp³-hybridized carbons (Fsp3) is 0.467. The van der Waals surface area contributed by atoms with Gasteiger partial charge in [-0.3, -0.25) is 4.79 Å². The number of hydrogen-bond acceptors (Lipinski definition) is 5. The standard InChI is InChI=1S/C15H20BrN5O2/c1-8(23-2)15(22)20-11-6-19-14-12(11)13(10(16)5-18-14)21-4-3-9(17)7-21/h5-6,8-9H,3-4,7,17H2,1-2H3,(H,18,19)(H,20,22). The number of nitrogens with zero attached hydrogens (tertiary/aromatic N) is 2. The first-order valence-corrected chi connectivity index (χ1v) is 8.30. The molecule has 0 aliphatic carbocycles. The Hall–Kier alpha value is -1.64. The van der Waals surface area contributed by atoms with Gasteiger partial charge in [-0.1, -0.05) is 0 Å². The second-order valence-electron chi connectivity index (χ2n) is 5.74. The van der Waals surface area contributed by atoms with Gasteiger partial charge in [0.1, 0.15) is 11.8 Å². The number of amides is 1. The largest absolute Gasteiger partial charge is 0.372 e. The number of nitrogens with one attached hydrogen (secondary N) is 2. The number of carbonyl (C=O) groups excluding carboxylic acids is 1. The van der Waals surface area contributed by atoms with Gasteiger partial charge in [0.25, 0.3) is 5.91 Å². The summed E-state index contributed by atoms with van der Waals surface area (Å²) in [6, 6.07) is 0.163. The van der Waals surface area contributed by atoms with Gasteiger partial charge in [0.05, 0.1) is 21.2 Å². The molecule has 1 amide bonds. The lowest BCUT2D eigenvalue weighted by Crippen LogP contribution is -2.28. The van der Waals surface area contributed by atoms with E-state index in [9.17, 15) is 4.79 Å². The first kappa shape index (κ1) is 16.2. The highest BCUT2D eigenvalue weighted by atomic mass is 79.9. The van der Waals surface area contributed by atoms with Gasteiger partial charge < -0.3 is 25.7 Å². The molecular weight excluding hydrogens is 362 g/mol. The molecule has 124 valence electrons. The number of methoxy groups -OCH3 is 1. The molecule has 7 nitrogen and oxygen atoms in total. The van der Waals surface area contributed by atoms with Crippen molar-refractivity contribution in [3.8, 4) is 0 Å². The summed E-state index contributed by atoms with van der Waals surface area (Å²) in [7, 11) is 1.51. The molecule has 23 heavy (non-hydrogen) atoms. The maximum absolute atomic E-state index is 12.1. The lowest BCUT2D eigenvalue weighted by molar-refractivity contribution is -0.124.